The van der Waals surface area contributed by atoms with Gasteiger partial charge in [0.05, 0.1) is 33.2 Å². The molecule has 268 valence electrons. The molecule has 0 radical (unpaired) electrons. The topological polar surface area (TPSA) is 158 Å². The Bertz CT molecular complexity index is 2850. The maximum Gasteiger partial charge on any atom is 0.254 e. The highest BCUT2D eigenvalue weighted by Gasteiger charge is 2.26. The molecule has 0 unspecified atom stereocenters. The molecule has 10 rings (SSSR count). The van der Waals surface area contributed by atoms with Crippen LogP contribution in [-0.2, 0) is 0 Å². The lowest BCUT2D eigenvalue weighted by Gasteiger charge is -2.36. The average molecular weight is 715 g/mol. The number of nitrogens with two attached hydrogens (primary N) is 1. The number of piperidine rings is 2. The van der Waals surface area contributed by atoms with E-state index in [4.69, 9.17) is 25.7 Å². The largest absolute Gasteiger partial charge is 0.380 e. The molecule has 2 atom stereocenters. The SMILES string of the molecule is CNC(=O)c1cc2c(N3CCC[C@@H](Nc4ccc5nc6c(C#N)cc7c(N8CCC[C@@H](N)C8)ccnc7n6c5c4)C3)ccnc2n2c1nc1ccccc12. The van der Waals surface area contributed by atoms with Crippen molar-refractivity contribution in [3.05, 3.63) is 90.3 Å². The monoisotopic (exact) mass is 714 g/mol. The molecule has 6 aromatic heterocycles. The Morgan fingerprint density at radius 3 is 2.24 bits per heavy atom. The first kappa shape index (κ1) is 32.2. The van der Waals surface area contributed by atoms with Crippen LogP contribution in [0.2, 0.25) is 0 Å². The highest BCUT2D eigenvalue weighted by atomic mass is 16.1. The van der Waals surface area contributed by atoms with Gasteiger partial charge in [0.15, 0.2) is 11.3 Å². The van der Waals surface area contributed by atoms with Gasteiger partial charge < -0.3 is 26.2 Å². The molecule has 2 fully saturated rings. The molecular weight excluding hydrogens is 677 g/mol. The van der Waals surface area contributed by atoms with Crippen molar-refractivity contribution >= 4 is 78.4 Å². The molecule has 1 amide bonds. The summed E-state index contributed by atoms with van der Waals surface area (Å²) in [5.41, 5.74) is 16.6. The fourth-order valence-electron chi connectivity index (χ4n) is 8.65. The van der Waals surface area contributed by atoms with Crippen molar-refractivity contribution in [1.29, 1.82) is 5.26 Å². The lowest BCUT2D eigenvalue weighted by molar-refractivity contribution is 0.0964. The van der Waals surface area contributed by atoms with Crippen LogP contribution in [0.3, 0.4) is 0 Å². The summed E-state index contributed by atoms with van der Waals surface area (Å²) in [6, 6.07) is 24.7. The Kier molecular flexibility index (Phi) is 7.48. The van der Waals surface area contributed by atoms with Gasteiger partial charge in [0.1, 0.15) is 17.4 Å². The Balaban J connectivity index is 1.02. The first-order chi connectivity index (χ1) is 26.5. The predicted molar refractivity (Wildman–Crippen MR) is 212 cm³/mol. The average Bonchev–Trinajstić information content (AvgIpc) is 3.79. The summed E-state index contributed by atoms with van der Waals surface area (Å²) in [5.74, 6) is -0.190. The van der Waals surface area contributed by atoms with E-state index in [2.05, 4.69) is 38.6 Å². The third-order valence-corrected chi connectivity index (χ3v) is 11.1. The summed E-state index contributed by atoms with van der Waals surface area (Å²) in [7, 11) is 1.64. The summed E-state index contributed by atoms with van der Waals surface area (Å²) in [6.45, 7) is 3.32. The standard InChI is InChI=1S/C41H38N12O/c1-44-41(54)30-20-29-34(13-15-46-39(29)52-35-9-3-2-8-31(35)49-40(30)52)51-17-5-7-27(23-51)47-26-10-11-32-36(19-26)53-37(48-32)24(21-42)18-28-33(12-14-45-38(28)53)50-16-4-6-25(43)22-50/h2-3,8-15,18-20,25,27,47H,4-7,16-17,22-23,43H2,1H3,(H,44,54)/t25-,27-/m1/s1. The lowest BCUT2D eigenvalue weighted by atomic mass is 10.0. The Labute approximate surface area is 310 Å². The fraction of sp³-hybridized carbons (Fsp3) is 0.268. The number of nitrogens with zero attached hydrogens (tertiary/aromatic N) is 9. The second-order valence-electron chi connectivity index (χ2n) is 14.5. The second kappa shape index (κ2) is 12.6. The zero-order valence-electron chi connectivity index (χ0n) is 29.8. The van der Waals surface area contributed by atoms with Gasteiger partial charge in [0.25, 0.3) is 5.91 Å². The van der Waals surface area contributed by atoms with Gasteiger partial charge >= 0.3 is 0 Å². The van der Waals surface area contributed by atoms with E-state index in [0.717, 1.165) is 113 Å². The first-order valence-corrected chi connectivity index (χ1v) is 18.6. The maximum absolute atomic E-state index is 13.2. The molecule has 0 aliphatic carbocycles. The minimum absolute atomic E-state index is 0.116. The number of carbonyl (C=O) groups excluding carboxylic acids is 1. The Morgan fingerprint density at radius 2 is 1.48 bits per heavy atom. The number of pyridine rings is 4. The van der Waals surface area contributed by atoms with Crippen molar-refractivity contribution in [1.82, 2.24) is 34.1 Å². The third kappa shape index (κ3) is 5.05. The summed E-state index contributed by atoms with van der Waals surface area (Å²) in [5, 5.41) is 18.7. The lowest BCUT2D eigenvalue weighted by Crippen LogP contribution is -2.42. The molecule has 2 aliphatic heterocycles. The van der Waals surface area contributed by atoms with E-state index < -0.39 is 0 Å². The van der Waals surface area contributed by atoms with Gasteiger partial charge in [0, 0.05) is 85.5 Å². The molecule has 2 saturated heterocycles. The van der Waals surface area contributed by atoms with Crippen LogP contribution in [-0.4, -0.2) is 80.0 Å². The van der Waals surface area contributed by atoms with Crippen molar-refractivity contribution in [2.45, 2.75) is 37.8 Å². The molecule has 8 aromatic rings. The number of aromatic nitrogens is 6. The number of hydrogen-bond acceptors (Lipinski definition) is 10. The molecule has 8 heterocycles. The molecule has 54 heavy (non-hydrogen) atoms. The van der Waals surface area contributed by atoms with E-state index in [-0.39, 0.29) is 18.0 Å². The van der Waals surface area contributed by atoms with Gasteiger partial charge in [-0.3, -0.25) is 13.6 Å². The number of imidazole rings is 2. The maximum atomic E-state index is 13.2. The zero-order chi connectivity index (χ0) is 36.5. The molecule has 4 N–H and O–H groups in total. The third-order valence-electron chi connectivity index (χ3n) is 11.1. The van der Waals surface area contributed by atoms with Crippen LogP contribution in [0, 0.1) is 11.3 Å². The molecule has 0 spiro atoms. The minimum Gasteiger partial charge on any atom is -0.380 e. The summed E-state index contributed by atoms with van der Waals surface area (Å²) in [6.07, 6.45) is 7.71. The summed E-state index contributed by atoms with van der Waals surface area (Å²) in [4.78, 5) is 37.3. The number of rotatable bonds is 5. The van der Waals surface area contributed by atoms with E-state index >= 15 is 0 Å². The van der Waals surface area contributed by atoms with Gasteiger partial charge in [-0.2, -0.15) is 5.26 Å². The van der Waals surface area contributed by atoms with Crippen molar-refractivity contribution in [3.8, 4) is 6.07 Å². The number of hydrogen-bond donors (Lipinski definition) is 3. The second-order valence-corrected chi connectivity index (χ2v) is 14.5. The van der Waals surface area contributed by atoms with Crippen LogP contribution in [0.25, 0.3) is 55.4 Å². The van der Waals surface area contributed by atoms with Gasteiger partial charge in [-0.25, -0.2) is 19.9 Å². The number of benzene rings is 2. The number of carbonyl (C=O) groups is 1. The van der Waals surface area contributed by atoms with Crippen LogP contribution in [0.1, 0.15) is 41.6 Å². The normalized spacial score (nSPS) is 17.9. The molecule has 2 aliphatic rings. The highest BCUT2D eigenvalue weighted by Crippen LogP contribution is 2.35. The number of anilines is 3. The van der Waals surface area contributed by atoms with Crippen molar-refractivity contribution in [2.24, 2.45) is 5.73 Å². The molecular formula is C41H38N12O. The predicted octanol–water partition coefficient (Wildman–Crippen LogP) is 5.62. The van der Waals surface area contributed by atoms with E-state index in [1.165, 1.54) is 0 Å². The van der Waals surface area contributed by atoms with Crippen LogP contribution in [0.4, 0.5) is 17.1 Å². The molecule has 13 nitrogen and oxygen atoms in total. The van der Waals surface area contributed by atoms with Crippen molar-refractivity contribution in [3.63, 3.8) is 0 Å². The van der Waals surface area contributed by atoms with E-state index in [1.807, 2.05) is 75.8 Å². The van der Waals surface area contributed by atoms with Gasteiger partial charge in [0.2, 0.25) is 0 Å². The van der Waals surface area contributed by atoms with Gasteiger partial charge in [-0.1, -0.05) is 12.1 Å². The summed E-state index contributed by atoms with van der Waals surface area (Å²) < 4.78 is 4.03. The van der Waals surface area contributed by atoms with Crippen LogP contribution in [0.15, 0.2) is 79.1 Å². The minimum atomic E-state index is -0.190. The highest BCUT2D eigenvalue weighted by molar-refractivity contribution is 6.07. The number of amides is 1. The molecule has 0 bridgehead atoms. The van der Waals surface area contributed by atoms with E-state index in [1.54, 1.807) is 7.05 Å². The fourth-order valence-corrected chi connectivity index (χ4v) is 8.65. The zero-order valence-corrected chi connectivity index (χ0v) is 29.8. The van der Waals surface area contributed by atoms with Gasteiger partial charge in [-0.05, 0) is 80.3 Å². The number of nitrogens with one attached hydrogen (secondary N) is 2. The van der Waals surface area contributed by atoms with E-state index in [0.29, 0.717) is 22.4 Å². The molecule has 13 heteroatoms. The first-order valence-electron chi connectivity index (χ1n) is 18.6. The van der Waals surface area contributed by atoms with Crippen molar-refractivity contribution in [2.75, 3.05) is 48.3 Å². The molecule has 2 aromatic carbocycles. The Hall–Kier alpha value is -6.52. The van der Waals surface area contributed by atoms with Crippen LogP contribution < -0.4 is 26.2 Å². The van der Waals surface area contributed by atoms with Crippen molar-refractivity contribution < 1.29 is 4.79 Å². The van der Waals surface area contributed by atoms with E-state index in [9.17, 15) is 10.1 Å². The van der Waals surface area contributed by atoms with Gasteiger partial charge in [-0.15, -0.1) is 0 Å². The molecule has 0 saturated carbocycles. The number of para-hydroxylation sites is 2. The number of nitriles is 1. The van der Waals surface area contributed by atoms with Crippen LogP contribution in [0.5, 0.6) is 0 Å². The number of fused-ring (bicyclic) bond motifs is 10. The Morgan fingerprint density at radius 1 is 0.796 bits per heavy atom. The smallest absolute Gasteiger partial charge is 0.254 e. The quantitative estimate of drug-likeness (QED) is 0.204. The van der Waals surface area contributed by atoms with Crippen LogP contribution >= 0.6 is 0 Å². The summed E-state index contributed by atoms with van der Waals surface area (Å²) >= 11 is 0.